The number of nitrogens with one attached hydrogen (secondary N) is 1. The Labute approximate surface area is 180 Å². The first-order valence-corrected chi connectivity index (χ1v) is 11.2. The van der Waals surface area contributed by atoms with Gasteiger partial charge in [-0.3, -0.25) is 9.36 Å². The first-order valence-electron chi connectivity index (χ1n) is 10.2. The molecule has 30 heavy (non-hydrogen) atoms. The maximum Gasteiger partial charge on any atom is 0.250 e. The number of rotatable bonds is 6. The van der Waals surface area contributed by atoms with Gasteiger partial charge >= 0.3 is 0 Å². The topological polar surface area (TPSA) is 72.2 Å². The van der Waals surface area contributed by atoms with Crippen LogP contribution in [0.1, 0.15) is 32.6 Å². The highest BCUT2D eigenvalue weighted by Crippen LogP contribution is 2.27. The van der Waals surface area contributed by atoms with Crippen molar-refractivity contribution in [2.75, 3.05) is 5.75 Å². The normalized spacial score (nSPS) is 17.8. The first kappa shape index (κ1) is 20.3. The Morgan fingerprint density at radius 3 is 2.60 bits per heavy atom. The molecular weight excluding hydrogens is 394 g/mol. The largest absolute Gasteiger partial charge is 0.272 e. The van der Waals surface area contributed by atoms with Crippen molar-refractivity contribution < 1.29 is 4.79 Å². The minimum absolute atomic E-state index is 0.130. The lowest BCUT2D eigenvalue weighted by atomic mass is 9.89. The van der Waals surface area contributed by atoms with Gasteiger partial charge in [0.2, 0.25) is 0 Å². The first-order chi connectivity index (χ1) is 14.7. The third-order valence-corrected chi connectivity index (χ3v) is 6.03. The zero-order chi connectivity index (χ0) is 20.8. The van der Waals surface area contributed by atoms with Crippen LogP contribution in [0.5, 0.6) is 0 Å². The highest BCUT2D eigenvalue weighted by atomic mass is 32.2. The summed E-state index contributed by atoms with van der Waals surface area (Å²) in [7, 11) is 0. The van der Waals surface area contributed by atoms with Gasteiger partial charge in [0.1, 0.15) is 0 Å². The molecule has 1 aromatic heterocycles. The number of benzene rings is 2. The zero-order valence-electron chi connectivity index (χ0n) is 17.0. The van der Waals surface area contributed by atoms with Crippen molar-refractivity contribution in [2.24, 2.45) is 11.0 Å². The van der Waals surface area contributed by atoms with Crippen LogP contribution in [-0.2, 0) is 4.79 Å². The number of hydrazone groups is 1. The SMILES string of the molecule is CC1CCCC(=NNC(=O)CSc2nnc(-c3ccccc3)n2-c2ccccc2)C1. The predicted octanol–water partition coefficient (Wildman–Crippen LogP) is 4.71. The Hall–Kier alpha value is -2.93. The van der Waals surface area contributed by atoms with Crippen molar-refractivity contribution in [1.82, 2.24) is 20.2 Å². The van der Waals surface area contributed by atoms with Gasteiger partial charge in [0.05, 0.1) is 5.75 Å². The fourth-order valence-electron chi connectivity index (χ4n) is 3.61. The standard InChI is InChI=1S/C23H25N5OS/c1-17-9-8-12-19(15-17)24-25-21(29)16-30-23-27-26-22(18-10-4-2-5-11-18)28(23)20-13-6-3-7-14-20/h2-7,10-11,13-14,17H,8-9,12,15-16H2,1H3,(H,25,29). The van der Waals surface area contributed by atoms with Crippen molar-refractivity contribution in [3.63, 3.8) is 0 Å². The van der Waals surface area contributed by atoms with Crippen LogP contribution >= 0.6 is 11.8 Å². The molecule has 1 amide bonds. The molecule has 0 saturated heterocycles. The average Bonchev–Trinajstić information content (AvgIpc) is 3.21. The van der Waals surface area contributed by atoms with Gasteiger partial charge in [-0.05, 0) is 43.7 Å². The molecule has 3 aromatic rings. The summed E-state index contributed by atoms with van der Waals surface area (Å²) >= 11 is 1.36. The summed E-state index contributed by atoms with van der Waals surface area (Å²) in [6.07, 6.45) is 4.32. The molecule has 154 valence electrons. The third kappa shape index (κ3) is 4.97. The highest BCUT2D eigenvalue weighted by molar-refractivity contribution is 7.99. The van der Waals surface area contributed by atoms with Crippen molar-refractivity contribution in [3.05, 3.63) is 60.7 Å². The van der Waals surface area contributed by atoms with Crippen LogP contribution in [0.25, 0.3) is 17.1 Å². The number of para-hydroxylation sites is 1. The van der Waals surface area contributed by atoms with Gasteiger partial charge in [0, 0.05) is 17.0 Å². The molecule has 1 heterocycles. The van der Waals surface area contributed by atoms with Crippen molar-refractivity contribution in [3.8, 4) is 17.1 Å². The lowest BCUT2D eigenvalue weighted by molar-refractivity contribution is -0.118. The fraction of sp³-hybridized carbons (Fsp3) is 0.304. The smallest absolute Gasteiger partial charge is 0.250 e. The van der Waals surface area contributed by atoms with Crippen LogP contribution in [0.2, 0.25) is 0 Å². The van der Waals surface area contributed by atoms with Gasteiger partial charge in [-0.2, -0.15) is 5.10 Å². The Morgan fingerprint density at radius 1 is 1.13 bits per heavy atom. The van der Waals surface area contributed by atoms with Gasteiger partial charge in [-0.1, -0.05) is 67.2 Å². The quantitative estimate of drug-likeness (QED) is 0.464. The Kier molecular flexibility index (Phi) is 6.59. The molecule has 4 rings (SSSR count). The van der Waals surface area contributed by atoms with Crippen molar-refractivity contribution in [1.29, 1.82) is 0 Å². The second-order valence-corrected chi connectivity index (χ2v) is 8.49. The molecular formula is C23H25N5OS. The Balaban J connectivity index is 1.49. The van der Waals surface area contributed by atoms with E-state index in [9.17, 15) is 4.79 Å². The number of thioether (sulfide) groups is 1. The van der Waals surface area contributed by atoms with E-state index in [0.29, 0.717) is 11.1 Å². The number of aromatic nitrogens is 3. The second-order valence-electron chi connectivity index (χ2n) is 7.55. The van der Waals surface area contributed by atoms with Crippen LogP contribution < -0.4 is 5.43 Å². The van der Waals surface area contributed by atoms with E-state index in [1.54, 1.807) is 0 Å². The highest BCUT2D eigenvalue weighted by Gasteiger charge is 2.18. The summed E-state index contributed by atoms with van der Waals surface area (Å²) in [4.78, 5) is 12.4. The number of carbonyl (C=O) groups excluding carboxylic acids is 1. The molecule has 2 aromatic carbocycles. The molecule has 0 spiro atoms. The summed E-state index contributed by atoms with van der Waals surface area (Å²) in [5.74, 6) is 1.49. The lowest BCUT2D eigenvalue weighted by Gasteiger charge is -2.18. The molecule has 0 aliphatic heterocycles. The van der Waals surface area contributed by atoms with Crippen LogP contribution in [0.15, 0.2) is 70.9 Å². The number of carbonyl (C=O) groups is 1. The van der Waals surface area contributed by atoms with Gasteiger partial charge in [-0.25, -0.2) is 5.43 Å². The van der Waals surface area contributed by atoms with Crippen molar-refractivity contribution in [2.45, 2.75) is 37.8 Å². The second kappa shape index (κ2) is 9.71. The van der Waals surface area contributed by atoms with E-state index in [0.717, 1.165) is 42.0 Å². The molecule has 6 nitrogen and oxygen atoms in total. The van der Waals surface area contributed by atoms with E-state index in [1.165, 1.54) is 18.2 Å². The molecule has 1 unspecified atom stereocenters. The maximum absolute atomic E-state index is 12.4. The summed E-state index contributed by atoms with van der Waals surface area (Å²) < 4.78 is 1.99. The third-order valence-electron chi connectivity index (χ3n) is 5.10. The van der Waals surface area contributed by atoms with Gasteiger partial charge in [0.15, 0.2) is 11.0 Å². The molecule has 1 N–H and O–H groups in total. The molecule has 0 radical (unpaired) electrons. The average molecular weight is 420 g/mol. The van der Waals surface area contributed by atoms with Crippen LogP contribution in [-0.4, -0.2) is 32.1 Å². The summed E-state index contributed by atoms with van der Waals surface area (Å²) in [6, 6.07) is 19.9. The number of nitrogens with zero attached hydrogens (tertiary/aromatic N) is 4. The van der Waals surface area contributed by atoms with E-state index < -0.39 is 0 Å². The van der Waals surface area contributed by atoms with Crippen LogP contribution in [0, 0.1) is 5.92 Å². The molecule has 0 bridgehead atoms. The zero-order valence-corrected chi connectivity index (χ0v) is 17.8. The Morgan fingerprint density at radius 2 is 1.87 bits per heavy atom. The van der Waals surface area contributed by atoms with Crippen LogP contribution in [0.3, 0.4) is 0 Å². The Bertz CT molecular complexity index is 1020. The van der Waals surface area contributed by atoms with E-state index in [-0.39, 0.29) is 11.7 Å². The number of hydrogen-bond donors (Lipinski definition) is 1. The van der Waals surface area contributed by atoms with Crippen LogP contribution in [0.4, 0.5) is 0 Å². The number of hydrogen-bond acceptors (Lipinski definition) is 5. The minimum atomic E-state index is -0.130. The molecule has 1 aliphatic carbocycles. The summed E-state index contributed by atoms with van der Waals surface area (Å²) in [5, 5.41) is 13.8. The maximum atomic E-state index is 12.4. The molecule has 1 atom stereocenters. The molecule has 1 fully saturated rings. The summed E-state index contributed by atoms with van der Waals surface area (Å²) in [6.45, 7) is 2.23. The monoisotopic (exact) mass is 419 g/mol. The lowest BCUT2D eigenvalue weighted by Crippen LogP contribution is -2.23. The minimum Gasteiger partial charge on any atom is -0.272 e. The van der Waals surface area contributed by atoms with E-state index in [1.807, 2.05) is 65.2 Å². The molecule has 1 aliphatic rings. The fourth-order valence-corrected chi connectivity index (χ4v) is 4.36. The molecule has 7 heteroatoms. The van der Waals surface area contributed by atoms with Gasteiger partial charge in [0.25, 0.3) is 5.91 Å². The molecule has 1 saturated carbocycles. The van der Waals surface area contributed by atoms with E-state index in [2.05, 4.69) is 27.6 Å². The van der Waals surface area contributed by atoms with E-state index >= 15 is 0 Å². The van der Waals surface area contributed by atoms with Gasteiger partial charge in [-0.15, -0.1) is 10.2 Å². The predicted molar refractivity (Wildman–Crippen MR) is 121 cm³/mol. The van der Waals surface area contributed by atoms with Gasteiger partial charge < -0.3 is 0 Å². The number of amides is 1. The van der Waals surface area contributed by atoms with Crippen molar-refractivity contribution >= 4 is 23.4 Å². The summed E-state index contributed by atoms with van der Waals surface area (Å²) in [5.41, 5.74) is 5.73. The van der Waals surface area contributed by atoms with E-state index in [4.69, 9.17) is 0 Å².